The Balaban J connectivity index is 0.904. The molecule has 0 aromatic heterocycles. The average Bonchev–Trinajstić information content (AvgIpc) is 3.60. The lowest BCUT2D eigenvalue weighted by Gasteiger charge is -2.29. The van der Waals surface area contributed by atoms with Gasteiger partial charge in [0, 0.05) is 39.5 Å². The van der Waals surface area contributed by atoms with Crippen LogP contribution in [0, 0.1) is 0 Å². The minimum Gasteiger partial charge on any atom is -0.310 e. The van der Waals surface area contributed by atoms with Crippen molar-refractivity contribution in [1.29, 1.82) is 0 Å². The van der Waals surface area contributed by atoms with Crippen LogP contribution in [0.1, 0.15) is 25.0 Å². The molecule has 2 heteroatoms. The number of nitrogens with zero attached hydrogens (tertiary/aromatic N) is 2. The first-order valence-corrected chi connectivity index (χ1v) is 22.5. The third kappa shape index (κ3) is 7.60. The smallest absolute Gasteiger partial charge is 0.0465 e. The van der Waals surface area contributed by atoms with Crippen molar-refractivity contribution in [3.63, 3.8) is 0 Å². The summed E-state index contributed by atoms with van der Waals surface area (Å²) in [7, 11) is 0. The van der Waals surface area contributed by atoms with Crippen molar-refractivity contribution in [2.75, 3.05) is 9.80 Å². The minimum absolute atomic E-state index is 0.243. The molecule has 1 aliphatic carbocycles. The van der Waals surface area contributed by atoms with E-state index in [0.29, 0.717) is 0 Å². The van der Waals surface area contributed by atoms with Gasteiger partial charge in [-0.15, -0.1) is 0 Å². The van der Waals surface area contributed by atoms with Gasteiger partial charge in [0.05, 0.1) is 0 Å². The molecule has 0 aliphatic heterocycles. The van der Waals surface area contributed by atoms with Gasteiger partial charge in [-0.1, -0.05) is 196 Å². The lowest BCUT2D eigenvalue weighted by Crippen LogP contribution is -2.17. The number of para-hydroxylation sites is 2. The van der Waals surface area contributed by atoms with Gasteiger partial charge in [-0.2, -0.15) is 0 Å². The second-order valence-electron chi connectivity index (χ2n) is 17.4. The first kappa shape index (κ1) is 39.6. The number of hydrogen-bond acceptors (Lipinski definition) is 2. The second kappa shape index (κ2) is 16.8. The van der Waals surface area contributed by atoms with Crippen LogP contribution in [0.4, 0.5) is 34.1 Å². The zero-order valence-electron chi connectivity index (χ0n) is 36.6. The Bertz CT molecular complexity index is 2990. The van der Waals surface area contributed by atoms with Crippen molar-refractivity contribution < 1.29 is 0 Å². The van der Waals surface area contributed by atoms with E-state index < -0.39 is 0 Å². The predicted octanol–water partition coefficient (Wildman–Crippen LogP) is 17.6. The molecule has 310 valence electrons. The Hall–Kier alpha value is -8.20. The summed E-state index contributed by atoms with van der Waals surface area (Å²) in [5.41, 5.74) is 21.4. The van der Waals surface area contributed by atoms with Crippen LogP contribution in [0.2, 0.25) is 0 Å². The SMILES string of the molecule is CC1(C)c2cc(N(c3ccccc3)c3ccc(-c4ccc(-c5ccccc5)cc4)cc3)ccc2-c2ccc(N(c3ccccc3)c3ccc(-c4ccc(-c5ccccc5)cc4)cc3)cc21. The summed E-state index contributed by atoms with van der Waals surface area (Å²) in [6.07, 6.45) is 0. The molecule has 0 spiro atoms. The summed E-state index contributed by atoms with van der Waals surface area (Å²) in [5.74, 6) is 0. The topological polar surface area (TPSA) is 6.48 Å². The van der Waals surface area contributed by atoms with Gasteiger partial charge in [0.1, 0.15) is 0 Å². The van der Waals surface area contributed by atoms with Crippen molar-refractivity contribution in [3.05, 3.63) is 266 Å². The minimum atomic E-state index is -0.243. The van der Waals surface area contributed by atoms with Crippen LogP contribution in [0.3, 0.4) is 0 Å². The molecule has 11 rings (SSSR count). The molecule has 0 N–H and O–H groups in total. The van der Waals surface area contributed by atoms with E-state index >= 15 is 0 Å². The molecule has 0 saturated carbocycles. The molecule has 0 heterocycles. The fourth-order valence-corrected chi connectivity index (χ4v) is 9.62. The van der Waals surface area contributed by atoms with Crippen molar-refractivity contribution >= 4 is 34.1 Å². The summed E-state index contributed by atoms with van der Waals surface area (Å²) in [5, 5.41) is 0. The van der Waals surface area contributed by atoms with Crippen LogP contribution in [0.15, 0.2) is 255 Å². The zero-order valence-corrected chi connectivity index (χ0v) is 36.6. The molecule has 1 aliphatic rings. The van der Waals surface area contributed by atoms with Crippen molar-refractivity contribution in [2.45, 2.75) is 19.3 Å². The van der Waals surface area contributed by atoms with Gasteiger partial charge in [0.2, 0.25) is 0 Å². The molecule has 0 fully saturated rings. The molecular formula is C63H48N2. The van der Waals surface area contributed by atoms with E-state index in [9.17, 15) is 0 Å². The van der Waals surface area contributed by atoms with Gasteiger partial charge in [0.15, 0.2) is 0 Å². The zero-order chi connectivity index (χ0) is 43.7. The van der Waals surface area contributed by atoms with E-state index in [2.05, 4.69) is 278 Å². The standard InChI is InChI=1S/C63H48N2/c1-63(2)61-43-57(64(53-19-11-5-12-20-53)55-35-31-51(32-36-55)49-27-23-47(24-28-49)45-15-7-3-8-16-45)39-41-59(61)60-42-40-58(44-62(60)63)65(54-21-13-6-14-22-54)56-37-33-52(34-38-56)50-29-25-48(26-30-50)46-17-9-4-10-18-46/h3-44H,1-2H3. The molecule has 0 unspecified atom stereocenters. The monoisotopic (exact) mass is 832 g/mol. The molecule has 10 aromatic carbocycles. The van der Waals surface area contributed by atoms with E-state index in [4.69, 9.17) is 0 Å². The average molecular weight is 833 g/mol. The largest absolute Gasteiger partial charge is 0.310 e. The van der Waals surface area contributed by atoms with Crippen LogP contribution in [-0.2, 0) is 5.41 Å². The van der Waals surface area contributed by atoms with Crippen LogP contribution < -0.4 is 9.80 Å². The number of benzene rings is 10. The van der Waals surface area contributed by atoms with Gasteiger partial charge in [-0.25, -0.2) is 0 Å². The van der Waals surface area contributed by atoms with Gasteiger partial charge < -0.3 is 9.80 Å². The normalized spacial score (nSPS) is 12.3. The van der Waals surface area contributed by atoms with E-state index in [0.717, 1.165) is 34.1 Å². The molecular weight excluding hydrogens is 785 g/mol. The van der Waals surface area contributed by atoms with E-state index in [1.54, 1.807) is 0 Å². The Morgan fingerprint density at radius 1 is 0.231 bits per heavy atom. The van der Waals surface area contributed by atoms with Gasteiger partial charge in [0.25, 0.3) is 0 Å². The molecule has 65 heavy (non-hydrogen) atoms. The summed E-state index contributed by atoms with van der Waals surface area (Å²) < 4.78 is 0. The fraction of sp³-hybridized carbons (Fsp3) is 0.0476. The van der Waals surface area contributed by atoms with Gasteiger partial charge in [-0.3, -0.25) is 0 Å². The van der Waals surface area contributed by atoms with Crippen molar-refractivity contribution in [2.24, 2.45) is 0 Å². The molecule has 0 radical (unpaired) electrons. The van der Waals surface area contributed by atoms with E-state index in [-0.39, 0.29) is 5.41 Å². The maximum atomic E-state index is 2.41. The maximum Gasteiger partial charge on any atom is 0.0465 e. The summed E-state index contributed by atoms with van der Waals surface area (Å²) in [4.78, 5) is 4.76. The van der Waals surface area contributed by atoms with Crippen molar-refractivity contribution in [3.8, 4) is 55.6 Å². The number of hydrogen-bond donors (Lipinski definition) is 0. The second-order valence-corrected chi connectivity index (χ2v) is 17.4. The quantitative estimate of drug-likeness (QED) is 0.135. The third-order valence-electron chi connectivity index (χ3n) is 13.1. The number of anilines is 6. The first-order valence-electron chi connectivity index (χ1n) is 22.5. The summed E-state index contributed by atoms with van der Waals surface area (Å²) >= 11 is 0. The number of rotatable bonds is 10. The lowest BCUT2D eigenvalue weighted by atomic mass is 9.82. The third-order valence-corrected chi connectivity index (χ3v) is 13.1. The molecule has 10 aromatic rings. The van der Waals surface area contributed by atoms with Crippen LogP contribution >= 0.6 is 0 Å². The molecule has 0 amide bonds. The Labute approximate surface area is 383 Å². The number of fused-ring (bicyclic) bond motifs is 3. The highest BCUT2D eigenvalue weighted by molar-refractivity contribution is 5.89. The fourth-order valence-electron chi connectivity index (χ4n) is 9.62. The molecule has 0 atom stereocenters. The molecule has 2 nitrogen and oxygen atoms in total. The molecule has 0 bridgehead atoms. The molecule has 0 saturated heterocycles. The lowest BCUT2D eigenvalue weighted by molar-refractivity contribution is 0.660. The first-order chi connectivity index (χ1) is 32.0. The summed E-state index contributed by atoms with van der Waals surface area (Å²) in [6.45, 7) is 4.75. The Morgan fingerprint density at radius 3 is 0.769 bits per heavy atom. The Kier molecular flexibility index (Phi) is 10.3. The van der Waals surface area contributed by atoms with E-state index in [1.165, 1.54) is 66.8 Å². The van der Waals surface area contributed by atoms with Crippen molar-refractivity contribution in [1.82, 2.24) is 0 Å². The summed E-state index contributed by atoms with van der Waals surface area (Å²) in [6, 6.07) is 92.3. The predicted molar refractivity (Wildman–Crippen MR) is 275 cm³/mol. The highest BCUT2D eigenvalue weighted by atomic mass is 15.1. The Morgan fingerprint density at radius 2 is 0.462 bits per heavy atom. The van der Waals surface area contributed by atoms with Crippen LogP contribution in [-0.4, -0.2) is 0 Å². The van der Waals surface area contributed by atoms with E-state index in [1.807, 2.05) is 0 Å². The van der Waals surface area contributed by atoms with Crippen LogP contribution in [0.25, 0.3) is 55.6 Å². The highest BCUT2D eigenvalue weighted by Gasteiger charge is 2.37. The highest BCUT2D eigenvalue weighted by Crippen LogP contribution is 2.52. The maximum absolute atomic E-state index is 2.41. The van der Waals surface area contributed by atoms with Gasteiger partial charge in [-0.05, 0) is 140 Å². The van der Waals surface area contributed by atoms with Gasteiger partial charge >= 0.3 is 0 Å². The van der Waals surface area contributed by atoms with Crippen LogP contribution in [0.5, 0.6) is 0 Å².